The van der Waals surface area contributed by atoms with E-state index in [4.69, 9.17) is 4.74 Å². The molecule has 0 radical (unpaired) electrons. The van der Waals surface area contributed by atoms with Crippen LogP contribution in [0.15, 0.2) is 0 Å². The van der Waals surface area contributed by atoms with Crippen molar-refractivity contribution in [3.05, 3.63) is 0 Å². The third kappa shape index (κ3) is 7.29. The van der Waals surface area contributed by atoms with Crippen LogP contribution in [-0.2, 0) is 14.3 Å². The molecule has 11 heavy (non-hydrogen) atoms. The third-order valence-corrected chi connectivity index (χ3v) is 1.12. The zero-order valence-corrected chi connectivity index (χ0v) is 7.05. The van der Waals surface area contributed by atoms with Gasteiger partial charge in [-0.05, 0) is 6.42 Å². The van der Waals surface area contributed by atoms with Crippen molar-refractivity contribution in [1.82, 2.24) is 5.32 Å². The molecule has 0 aliphatic carbocycles. The van der Waals surface area contributed by atoms with Gasteiger partial charge in [0.1, 0.15) is 6.61 Å². The lowest BCUT2D eigenvalue weighted by Gasteiger charge is -2.02. The van der Waals surface area contributed by atoms with E-state index in [-0.39, 0.29) is 12.5 Å². The third-order valence-electron chi connectivity index (χ3n) is 1.12. The second-order valence-corrected chi connectivity index (χ2v) is 2.13. The van der Waals surface area contributed by atoms with Crippen molar-refractivity contribution in [3.8, 4) is 0 Å². The van der Waals surface area contributed by atoms with E-state index in [0.29, 0.717) is 13.2 Å². The van der Waals surface area contributed by atoms with Crippen molar-refractivity contribution in [2.75, 3.05) is 34.0 Å². The number of hydrogen-bond donors (Lipinski definition) is 1. The quantitative estimate of drug-likeness (QED) is 0.548. The van der Waals surface area contributed by atoms with Crippen LogP contribution in [-0.4, -0.2) is 39.9 Å². The molecule has 4 heteroatoms. The lowest BCUT2D eigenvalue weighted by molar-refractivity contribution is -0.124. The maximum absolute atomic E-state index is 10.7. The van der Waals surface area contributed by atoms with Gasteiger partial charge < -0.3 is 14.8 Å². The van der Waals surface area contributed by atoms with E-state index in [0.717, 1.165) is 6.42 Å². The Bertz CT molecular complexity index is 106. The monoisotopic (exact) mass is 161 g/mol. The Kier molecular flexibility index (Phi) is 7.08. The zero-order valence-electron chi connectivity index (χ0n) is 7.05. The summed E-state index contributed by atoms with van der Waals surface area (Å²) in [5.41, 5.74) is 0. The topological polar surface area (TPSA) is 47.6 Å². The summed E-state index contributed by atoms with van der Waals surface area (Å²) in [4.78, 5) is 10.7. The van der Waals surface area contributed by atoms with Crippen LogP contribution < -0.4 is 5.32 Å². The van der Waals surface area contributed by atoms with E-state index in [1.165, 1.54) is 7.11 Å². The fourth-order valence-corrected chi connectivity index (χ4v) is 0.626. The largest absolute Gasteiger partial charge is 0.385 e. The van der Waals surface area contributed by atoms with Crippen molar-refractivity contribution < 1.29 is 14.3 Å². The Morgan fingerprint density at radius 3 is 2.64 bits per heavy atom. The number of nitrogens with one attached hydrogen (secondary N) is 1. The number of rotatable bonds is 6. The number of ether oxygens (including phenoxy) is 2. The molecule has 1 amide bonds. The van der Waals surface area contributed by atoms with E-state index >= 15 is 0 Å². The highest BCUT2D eigenvalue weighted by Gasteiger charge is 1.96. The number of carbonyl (C=O) groups is 1. The molecule has 0 saturated carbocycles. The summed E-state index contributed by atoms with van der Waals surface area (Å²) in [6, 6.07) is 0. The van der Waals surface area contributed by atoms with E-state index in [1.54, 1.807) is 7.11 Å². The van der Waals surface area contributed by atoms with Crippen molar-refractivity contribution in [1.29, 1.82) is 0 Å². The van der Waals surface area contributed by atoms with Crippen molar-refractivity contribution >= 4 is 5.91 Å². The minimum Gasteiger partial charge on any atom is -0.385 e. The van der Waals surface area contributed by atoms with Crippen molar-refractivity contribution in [2.24, 2.45) is 0 Å². The van der Waals surface area contributed by atoms with Crippen molar-refractivity contribution in [3.63, 3.8) is 0 Å². The lowest BCUT2D eigenvalue weighted by atomic mass is 10.4. The van der Waals surface area contributed by atoms with Crippen molar-refractivity contribution in [2.45, 2.75) is 6.42 Å². The van der Waals surface area contributed by atoms with E-state index in [1.807, 2.05) is 0 Å². The van der Waals surface area contributed by atoms with E-state index in [2.05, 4.69) is 10.1 Å². The van der Waals surface area contributed by atoms with E-state index in [9.17, 15) is 4.79 Å². The van der Waals surface area contributed by atoms with Gasteiger partial charge in [-0.25, -0.2) is 0 Å². The summed E-state index contributed by atoms with van der Waals surface area (Å²) in [6.45, 7) is 1.45. The van der Waals surface area contributed by atoms with Crippen LogP contribution in [0.4, 0.5) is 0 Å². The molecule has 0 atom stereocenters. The summed E-state index contributed by atoms with van der Waals surface area (Å²) in [5, 5.41) is 2.67. The van der Waals surface area contributed by atoms with Gasteiger partial charge in [-0.3, -0.25) is 4.79 Å². The van der Waals surface area contributed by atoms with Gasteiger partial charge in [-0.2, -0.15) is 0 Å². The number of carbonyl (C=O) groups excluding carboxylic acids is 1. The van der Waals surface area contributed by atoms with Crippen LogP contribution in [0.25, 0.3) is 0 Å². The zero-order chi connectivity index (χ0) is 8.53. The average molecular weight is 161 g/mol. The van der Waals surface area contributed by atoms with Crippen LogP contribution in [0.5, 0.6) is 0 Å². The number of amides is 1. The Labute approximate surface area is 66.9 Å². The molecule has 0 unspecified atom stereocenters. The molecule has 0 saturated heterocycles. The molecule has 4 nitrogen and oxygen atoms in total. The first kappa shape index (κ1) is 10.4. The summed E-state index contributed by atoms with van der Waals surface area (Å²) >= 11 is 0. The van der Waals surface area contributed by atoms with Crippen LogP contribution in [0.2, 0.25) is 0 Å². The van der Waals surface area contributed by atoms with Gasteiger partial charge in [0.2, 0.25) is 5.91 Å². The molecular weight excluding hydrogens is 146 g/mol. The molecule has 0 rings (SSSR count). The molecule has 0 aromatic carbocycles. The Morgan fingerprint density at radius 2 is 2.09 bits per heavy atom. The van der Waals surface area contributed by atoms with Gasteiger partial charge in [0.25, 0.3) is 0 Å². The summed E-state index contributed by atoms with van der Waals surface area (Å²) in [6.07, 6.45) is 0.839. The van der Waals surface area contributed by atoms with Gasteiger partial charge in [0, 0.05) is 27.4 Å². The first-order chi connectivity index (χ1) is 5.31. The molecule has 0 fully saturated rings. The number of methoxy groups -OCH3 is 2. The predicted molar refractivity (Wildman–Crippen MR) is 41.4 cm³/mol. The highest BCUT2D eigenvalue weighted by atomic mass is 16.5. The minimum atomic E-state index is -0.0800. The molecular formula is C7H15NO3. The molecule has 0 bridgehead atoms. The van der Waals surface area contributed by atoms with Crippen LogP contribution >= 0.6 is 0 Å². The lowest BCUT2D eigenvalue weighted by Crippen LogP contribution is -2.28. The number of hydrogen-bond acceptors (Lipinski definition) is 3. The smallest absolute Gasteiger partial charge is 0.245 e. The molecule has 66 valence electrons. The Balaban J connectivity index is 3.04. The first-order valence-corrected chi connectivity index (χ1v) is 3.56. The molecule has 0 aliphatic heterocycles. The SMILES string of the molecule is COCCCNC(=O)COC. The van der Waals surface area contributed by atoms with Gasteiger partial charge >= 0.3 is 0 Å². The fraction of sp³-hybridized carbons (Fsp3) is 0.857. The molecule has 0 aliphatic rings. The molecule has 0 heterocycles. The molecule has 0 aromatic heterocycles. The highest BCUT2D eigenvalue weighted by molar-refractivity contribution is 5.77. The van der Waals surface area contributed by atoms with E-state index < -0.39 is 0 Å². The second kappa shape index (κ2) is 7.50. The van der Waals surface area contributed by atoms with Crippen LogP contribution in [0.1, 0.15) is 6.42 Å². The average Bonchev–Trinajstić information content (AvgIpc) is 1.99. The first-order valence-electron chi connectivity index (χ1n) is 3.56. The normalized spacial score (nSPS) is 9.64. The minimum absolute atomic E-state index is 0.0800. The summed E-state index contributed by atoms with van der Waals surface area (Å²) < 4.78 is 9.42. The van der Waals surface area contributed by atoms with Gasteiger partial charge in [-0.15, -0.1) is 0 Å². The van der Waals surface area contributed by atoms with Gasteiger partial charge in [0.05, 0.1) is 0 Å². The molecule has 0 aromatic rings. The Hall–Kier alpha value is -0.610. The molecule has 0 spiro atoms. The second-order valence-electron chi connectivity index (χ2n) is 2.13. The molecule has 1 N–H and O–H groups in total. The predicted octanol–water partition coefficient (Wildman–Crippen LogP) is -0.215. The maximum Gasteiger partial charge on any atom is 0.245 e. The maximum atomic E-state index is 10.7. The Morgan fingerprint density at radius 1 is 1.36 bits per heavy atom. The summed E-state index contributed by atoms with van der Waals surface area (Å²) in [7, 11) is 3.13. The fourth-order valence-electron chi connectivity index (χ4n) is 0.626. The standard InChI is InChI=1S/C7H15NO3/c1-10-5-3-4-8-7(9)6-11-2/h3-6H2,1-2H3,(H,8,9). The van der Waals surface area contributed by atoms with Crippen LogP contribution in [0.3, 0.4) is 0 Å². The summed E-state index contributed by atoms with van der Waals surface area (Å²) in [5.74, 6) is -0.0800. The van der Waals surface area contributed by atoms with Gasteiger partial charge in [0.15, 0.2) is 0 Å². The highest BCUT2D eigenvalue weighted by Crippen LogP contribution is 1.77. The van der Waals surface area contributed by atoms with Crippen LogP contribution in [0, 0.1) is 0 Å². The van der Waals surface area contributed by atoms with Gasteiger partial charge in [-0.1, -0.05) is 0 Å².